The van der Waals surface area contributed by atoms with Crippen molar-refractivity contribution < 1.29 is 117 Å². The highest BCUT2D eigenvalue weighted by Crippen LogP contribution is 2.33. The molecule has 0 saturated carbocycles. The van der Waals surface area contributed by atoms with Crippen LogP contribution in [0.2, 0.25) is 0 Å². The van der Waals surface area contributed by atoms with Crippen molar-refractivity contribution in [1.29, 1.82) is 0 Å². The van der Waals surface area contributed by atoms with E-state index in [1.807, 2.05) is 48.6 Å². The van der Waals surface area contributed by atoms with Gasteiger partial charge >= 0.3 is 53.8 Å². The number of phenols is 1. The largest absolute Gasteiger partial charge is 0.508 e. The highest BCUT2D eigenvalue weighted by atomic mass is 33.1. The maximum Gasteiger partial charge on any atom is 0.327 e. The molecule has 1 unspecified atom stereocenters. The number of aromatic hydroxyl groups is 1. The molecule has 1 fully saturated rings. The maximum atomic E-state index is 15.0. The Morgan fingerprint density at radius 3 is 1.94 bits per heavy atom. The van der Waals surface area contributed by atoms with Gasteiger partial charge < -0.3 is 87.5 Å². The second-order valence-electron chi connectivity index (χ2n) is 29.6. The zero-order valence-corrected chi connectivity index (χ0v) is 70.0. The molecule has 1 saturated heterocycles. The second kappa shape index (κ2) is 52.7. The lowest BCUT2D eigenvalue weighted by atomic mass is 9.82. The summed E-state index contributed by atoms with van der Waals surface area (Å²) in [6, 6.07) is 5.21. The van der Waals surface area contributed by atoms with Gasteiger partial charge in [-0.15, -0.1) is 11.3 Å². The average molecular weight is 1700 g/mol. The van der Waals surface area contributed by atoms with E-state index in [1.54, 1.807) is 41.5 Å². The lowest BCUT2D eigenvalue weighted by Crippen LogP contribution is -2.50. The number of hydrogen-bond acceptors (Lipinski definition) is 24. The van der Waals surface area contributed by atoms with E-state index in [4.69, 9.17) is 19.6 Å². The van der Waals surface area contributed by atoms with E-state index in [0.717, 1.165) is 53.0 Å². The van der Waals surface area contributed by atoms with Crippen LogP contribution in [0.15, 0.2) is 53.9 Å². The molecule has 0 bridgehead atoms. The van der Waals surface area contributed by atoms with Gasteiger partial charge in [-0.05, 0) is 118 Å². The highest BCUT2D eigenvalue weighted by Gasteiger charge is 2.40. The standard InChI is InChI=1S/C79H115N11O24S3/c1-9-16-69(101)114-45-90(75(106)56(47(5)10-2)39-64(93)61-18-12-14-30-89(61)8)62(46(3)4)34-49(7)74-87-59(43-115-74)73(105)84-54(35-50-24-26-55(91)27-25-50)33-48(6)71(103)82-42-70(102)113-31-32-116-117-44-60(77(109)110)86-72(104)53(38-67(97)98)37-63(92)58(40-68(99)100)85-65(94)36-51-20-22-52(23-21-51)41-83-78(111)80-28-13-11-17-57(76(107)108)88-79(112)81-29-15-19-66(95)96/h20-27,43,46-49,53-54,56-58,60-62,91H,9-19,28-42,44-45H2,1-8H3,(H,82,103)(H,84,105)(H,85,94)(H,86,104)(H,95,96)(H,97,98)(H,99,100)(H,107,108)(H,109,110)(H2,80,83,111)(H2,81,88,112)/t47?,48-,49+,53+,54+,56-,57-,58+,60+,61+,62+/m0/s1. The molecule has 3 aromatic rings. The van der Waals surface area contributed by atoms with Gasteiger partial charge in [-0.1, -0.05) is 119 Å². The molecule has 0 spiro atoms. The molecule has 14 N–H and O–H groups in total. The zero-order chi connectivity index (χ0) is 86.8. The molecule has 1 aromatic heterocycles. The number of thiazole rings is 1. The number of aromatic nitrogens is 1. The molecular formula is C79H115N11O24S3. The normalized spacial score (nSPS) is 15.3. The number of ketones is 2. The summed E-state index contributed by atoms with van der Waals surface area (Å²) in [5.41, 5.74) is 1.82. The number of unbranched alkanes of at least 4 members (excludes halogenated alkanes) is 1. The SMILES string of the molecule is CCCC(=O)OCN(C(=O)[C@@H](CC(=O)[C@H]1CCCCN1C)C(C)CC)[C@H](C[C@@H](C)c1nc(C(=O)N[C@@H](Cc2ccc(O)cc2)C[C@H](C)C(=O)NCC(=O)OCCSSC[C@@H](NC(=O)[C@@H](CC(=O)O)CC(=O)[C@@H](CC(=O)O)NC(=O)Cc2ccc(CNC(=O)NCCCC[C@H](NC(=O)NCCCC(=O)O)C(=O)O)cc2)C(=O)O)cs1)C(C)C. The Bertz CT molecular complexity index is 3810. The number of likely N-dealkylation sites (tertiary alicyclic amines) is 1. The molecular weight excluding hydrogens is 1580 g/mol. The van der Waals surface area contributed by atoms with Crippen LogP contribution in [-0.4, -0.2) is 235 Å². The number of amides is 9. The number of nitrogens with zero attached hydrogens (tertiary/aromatic N) is 3. The Balaban J connectivity index is 1.26. The van der Waals surface area contributed by atoms with Gasteiger partial charge in [0.25, 0.3) is 5.91 Å². The third-order valence-corrected chi connectivity index (χ3v) is 23.2. The minimum atomic E-state index is -1.74. The molecule has 9 amide bonds. The minimum absolute atomic E-state index is 0.0158. The Morgan fingerprint density at radius 1 is 0.650 bits per heavy atom. The minimum Gasteiger partial charge on any atom is -0.508 e. The van der Waals surface area contributed by atoms with Gasteiger partial charge in [0.2, 0.25) is 23.6 Å². The van der Waals surface area contributed by atoms with Crippen LogP contribution in [0.1, 0.15) is 196 Å². The van der Waals surface area contributed by atoms with Crippen molar-refractivity contribution in [2.75, 3.05) is 58.1 Å². The molecule has 2 heterocycles. The first-order chi connectivity index (χ1) is 55.5. The van der Waals surface area contributed by atoms with Gasteiger partial charge in [0.1, 0.15) is 36.7 Å². The molecule has 4 rings (SSSR count). The fourth-order valence-electron chi connectivity index (χ4n) is 12.9. The number of aliphatic carboxylic acids is 5. The molecule has 0 radical (unpaired) electrons. The Labute approximate surface area is 692 Å². The number of carboxylic acid groups (broad SMARTS) is 5. The van der Waals surface area contributed by atoms with E-state index < -0.39 is 157 Å². The van der Waals surface area contributed by atoms with Gasteiger partial charge in [-0.25, -0.2) is 24.2 Å². The number of ether oxygens (including phenoxy) is 2. The van der Waals surface area contributed by atoms with Crippen molar-refractivity contribution in [3.8, 4) is 5.75 Å². The topological polar surface area (TPSA) is 529 Å². The van der Waals surface area contributed by atoms with E-state index in [2.05, 4.69) is 47.4 Å². The number of likely N-dealkylation sites (N-methyl/N-ethyl adjacent to an activating group) is 1. The molecule has 117 heavy (non-hydrogen) atoms. The molecule has 1 aliphatic rings. The number of urea groups is 2. The molecule has 1 aliphatic heterocycles. The number of nitrogens with one attached hydrogen (secondary N) is 8. The molecule has 38 heteroatoms. The lowest BCUT2D eigenvalue weighted by molar-refractivity contribution is -0.160. The van der Waals surface area contributed by atoms with E-state index in [0.29, 0.717) is 48.2 Å². The number of hydrogen-bond donors (Lipinski definition) is 14. The first-order valence-corrected chi connectivity index (χ1v) is 42.6. The fraction of sp³-hybridized carbons (Fsp3) is 0.608. The fourth-order valence-corrected chi connectivity index (χ4v) is 15.7. The Morgan fingerprint density at radius 2 is 1.31 bits per heavy atom. The molecule has 35 nitrogen and oxygen atoms in total. The van der Waals surface area contributed by atoms with Crippen molar-refractivity contribution in [2.24, 2.45) is 29.6 Å². The van der Waals surface area contributed by atoms with Gasteiger partial charge in [-0.2, -0.15) is 0 Å². The first kappa shape index (κ1) is 99.4. The second-order valence-corrected chi connectivity index (χ2v) is 33.1. The Kier molecular flexibility index (Phi) is 44.8. The number of carboxylic acids is 5. The molecule has 648 valence electrons. The zero-order valence-electron chi connectivity index (χ0n) is 67.5. The van der Waals surface area contributed by atoms with Crippen LogP contribution in [-0.2, 0) is 91.2 Å². The van der Waals surface area contributed by atoms with Crippen LogP contribution in [0.5, 0.6) is 5.75 Å². The number of Topliss-reactive ketones (excluding diaryl/α,β-unsaturated/α-hetero) is 2. The van der Waals surface area contributed by atoms with Crippen molar-refractivity contribution in [3.05, 3.63) is 81.3 Å². The predicted molar refractivity (Wildman–Crippen MR) is 433 cm³/mol. The number of benzene rings is 2. The summed E-state index contributed by atoms with van der Waals surface area (Å²) in [5, 5.41) is 79.9. The summed E-state index contributed by atoms with van der Waals surface area (Å²) in [4.78, 5) is 214. The van der Waals surface area contributed by atoms with E-state index in [-0.39, 0.29) is 143 Å². The van der Waals surface area contributed by atoms with Crippen LogP contribution >= 0.6 is 32.9 Å². The van der Waals surface area contributed by atoms with E-state index in [1.165, 1.54) is 35.6 Å². The summed E-state index contributed by atoms with van der Waals surface area (Å²) < 4.78 is 11.0. The van der Waals surface area contributed by atoms with Gasteiger partial charge in [0.15, 0.2) is 18.3 Å². The van der Waals surface area contributed by atoms with Crippen LogP contribution in [0, 0.1) is 29.6 Å². The van der Waals surface area contributed by atoms with Crippen LogP contribution in [0.3, 0.4) is 0 Å². The summed E-state index contributed by atoms with van der Waals surface area (Å²) in [6.45, 7) is 13.3. The molecule has 11 atom stereocenters. The Hall–Kier alpha value is -9.95. The molecule has 2 aromatic carbocycles. The quantitative estimate of drug-likeness (QED) is 0.0125. The maximum absolute atomic E-state index is 15.0. The van der Waals surface area contributed by atoms with Crippen LogP contribution < -0.4 is 42.5 Å². The monoisotopic (exact) mass is 1700 g/mol. The summed E-state index contributed by atoms with van der Waals surface area (Å²) in [6.07, 6.45) is 2.25. The van der Waals surface area contributed by atoms with Crippen LogP contribution in [0.4, 0.5) is 9.59 Å². The van der Waals surface area contributed by atoms with E-state index >= 15 is 0 Å². The number of rotatable bonds is 56. The third-order valence-electron chi connectivity index (χ3n) is 19.7. The lowest BCUT2D eigenvalue weighted by Gasteiger charge is -2.39. The summed E-state index contributed by atoms with van der Waals surface area (Å²) in [5.74, 6) is -16.5. The number of phenolic OH excluding ortho intramolecular Hbond substituents is 1. The van der Waals surface area contributed by atoms with Crippen molar-refractivity contribution >= 4 is 128 Å². The van der Waals surface area contributed by atoms with Gasteiger partial charge in [0, 0.05) is 92.0 Å². The van der Waals surface area contributed by atoms with E-state index in [9.17, 15) is 102 Å². The highest BCUT2D eigenvalue weighted by molar-refractivity contribution is 8.76. The third kappa shape index (κ3) is 37.9. The number of carbonyl (C=O) groups excluding carboxylic acids is 11. The molecule has 0 aliphatic carbocycles. The van der Waals surface area contributed by atoms with Crippen molar-refractivity contribution in [1.82, 2.24) is 57.3 Å². The predicted octanol–water partition coefficient (Wildman–Crippen LogP) is 6.42. The summed E-state index contributed by atoms with van der Waals surface area (Å²) in [7, 11) is 3.92. The average Bonchev–Trinajstić information content (AvgIpc) is 1.77. The smallest absolute Gasteiger partial charge is 0.327 e. The van der Waals surface area contributed by atoms with Crippen molar-refractivity contribution in [2.45, 2.75) is 219 Å². The van der Waals surface area contributed by atoms with Gasteiger partial charge in [0.05, 0.1) is 42.3 Å². The number of esters is 2. The van der Waals surface area contributed by atoms with Gasteiger partial charge in [-0.3, -0.25) is 62.4 Å². The number of carbonyl (C=O) groups is 16. The first-order valence-electron chi connectivity index (χ1n) is 39.3. The summed E-state index contributed by atoms with van der Waals surface area (Å²) >= 11 is 1.26. The van der Waals surface area contributed by atoms with Crippen LogP contribution in [0.25, 0.3) is 0 Å². The number of piperidine rings is 1. The van der Waals surface area contributed by atoms with Crippen molar-refractivity contribution in [3.63, 3.8) is 0 Å².